The minimum atomic E-state index is -0.931. The van der Waals surface area contributed by atoms with Crippen molar-refractivity contribution in [2.24, 2.45) is 0 Å². The summed E-state index contributed by atoms with van der Waals surface area (Å²) in [5.74, 6) is 0.826. The molecule has 121 valence electrons. The third-order valence-corrected chi connectivity index (χ3v) is 2.92. The molecule has 0 unspecified atom stereocenters. The van der Waals surface area contributed by atoms with Gasteiger partial charge in [0.25, 0.3) is 0 Å². The van der Waals surface area contributed by atoms with E-state index >= 15 is 0 Å². The molecule has 0 N–H and O–H groups in total. The fourth-order valence-corrected chi connectivity index (χ4v) is 2.19. The Balaban J connectivity index is 0.000000868. The van der Waals surface area contributed by atoms with Gasteiger partial charge in [-0.2, -0.15) is 0 Å². The van der Waals surface area contributed by atoms with Gasteiger partial charge in [0.2, 0.25) is 0 Å². The molecule has 1 heterocycles. The van der Waals surface area contributed by atoms with Gasteiger partial charge in [-0.25, -0.2) is 0 Å². The topological polar surface area (TPSA) is 17.4 Å². The van der Waals surface area contributed by atoms with E-state index in [0.29, 0.717) is 6.54 Å². The van der Waals surface area contributed by atoms with Crippen LogP contribution in [-0.2, 0) is 5.34 Å². The Morgan fingerprint density at radius 3 is 2.22 bits per heavy atom. The van der Waals surface area contributed by atoms with Crippen LogP contribution in [0.2, 0.25) is 13.6 Å². The van der Waals surface area contributed by atoms with Crippen LogP contribution in [0.25, 0.3) is 10.9 Å². The van der Waals surface area contributed by atoms with Crippen LogP contribution in [0.1, 0.15) is 13.8 Å². The van der Waals surface area contributed by atoms with Gasteiger partial charge in [-0.1, -0.05) is 27.5 Å². The standard InChI is InChI=1S/C13H16B2N2O.C2H6B.C2H6/c1-16(2)9-13(14,15)17-7-6-10-8-11(18-3)4-5-12(10)17;1-3-2;1-2/h4-8H,9H2,1-3H3;1-2H3;1-2H3. The van der Waals surface area contributed by atoms with Crippen molar-refractivity contribution in [1.29, 1.82) is 0 Å². The normalized spacial score (nSPS) is 10.4. The fraction of sp³-hybridized carbons (Fsp3) is 0.529. The van der Waals surface area contributed by atoms with Gasteiger partial charge in [0.05, 0.1) is 22.8 Å². The van der Waals surface area contributed by atoms with E-state index in [9.17, 15) is 0 Å². The Kier molecular flexibility index (Phi) is 9.90. The molecule has 0 saturated heterocycles. The number of ether oxygens (including phenoxy) is 1. The Bertz CT molecular complexity index is 568. The van der Waals surface area contributed by atoms with Gasteiger partial charge in [-0.15, -0.1) is 0 Å². The number of hydrogen-bond acceptors (Lipinski definition) is 2. The van der Waals surface area contributed by atoms with E-state index in [4.69, 9.17) is 20.4 Å². The number of rotatable bonds is 4. The number of nitrogens with zero attached hydrogens (tertiary/aromatic N) is 2. The summed E-state index contributed by atoms with van der Waals surface area (Å²) in [5, 5.41) is 0.133. The molecule has 23 heavy (non-hydrogen) atoms. The first-order valence-corrected chi connectivity index (χ1v) is 7.97. The molecule has 6 heteroatoms. The average molecular weight is 309 g/mol. The first-order valence-electron chi connectivity index (χ1n) is 7.97. The quantitative estimate of drug-likeness (QED) is 0.808. The summed E-state index contributed by atoms with van der Waals surface area (Å²) in [5.41, 5.74) is 1.00. The van der Waals surface area contributed by atoms with Crippen molar-refractivity contribution in [2.75, 3.05) is 27.7 Å². The molecule has 1 aromatic carbocycles. The highest BCUT2D eigenvalue weighted by Crippen LogP contribution is 2.25. The Hall–Kier alpha value is -1.29. The molecule has 0 aliphatic carbocycles. The van der Waals surface area contributed by atoms with Gasteiger partial charge in [-0.3, -0.25) is 0 Å². The van der Waals surface area contributed by atoms with E-state index < -0.39 is 5.34 Å². The van der Waals surface area contributed by atoms with Crippen molar-refractivity contribution in [1.82, 2.24) is 9.47 Å². The van der Waals surface area contributed by atoms with E-state index in [-0.39, 0.29) is 0 Å². The summed E-state index contributed by atoms with van der Waals surface area (Å²) in [6, 6.07) is 7.84. The second-order valence-corrected chi connectivity index (χ2v) is 5.42. The molecule has 0 fully saturated rings. The van der Waals surface area contributed by atoms with Crippen LogP contribution in [0.5, 0.6) is 5.75 Å². The van der Waals surface area contributed by atoms with E-state index in [0.717, 1.165) is 16.7 Å². The maximum absolute atomic E-state index is 6.19. The maximum atomic E-state index is 6.19. The van der Waals surface area contributed by atoms with Crippen LogP contribution in [0.15, 0.2) is 30.5 Å². The molecule has 3 nitrogen and oxygen atoms in total. The largest absolute Gasteiger partial charge is 0.497 e. The monoisotopic (exact) mass is 309 g/mol. The van der Waals surface area contributed by atoms with Gasteiger partial charge >= 0.3 is 0 Å². The van der Waals surface area contributed by atoms with Crippen molar-refractivity contribution in [3.8, 4) is 5.75 Å². The summed E-state index contributed by atoms with van der Waals surface area (Å²) < 4.78 is 7.09. The molecule has 2 aromatic rings. The minimum Gasteiger partial charge on any atom is -0.497 e. The van der Waals surface area contributed by atoms with Crippen LogP contribution in [0, 0.1) is 0 Å². The van der Waals surface area contributed by atoms with Crippen LogP contribution >= 0.6 is 0 Å². The van der Waals surface area contributed by atoms with Gasteiger partial charge in [0.1, 0.15) is 13.0 Å². The Labute approximate surface area is 145 Å². The number of aromatic nitrogens is 1. The number of methoxy groups -OCH3 is 1. The summed E-state index contributed by atoms with van der Waals surface area (Å²) >= 11 is 0. The summed E-state index contributed by atoms with van der Waals surface area (Å²) in [7, 11) is 19.9. The highest BCUT2D eigenvalue weighted by atomic mass is 16.5. The van der Waals surface area contributed by atoms with E-state index in [2.05, 4.69) is 0 Å². The summed E-state index contributed by atoms with van der Waals surface area (Å²) in [4.78, 5) is 1.97. The van der Waals surface area contributed by atoms with Crippen LogP contribution in [0.4, 0.5) is 0 Å². The zero-order valence-corrected chi connectivity index (χ0v) is 15.6. The van der Waals surface area contributed by atoms with Crippen molar-refractivity contribution in [3.05, 3.63) is 30.5 Å². The second kappa shape index (κ2) is 10.5. The summed E-state index contributed by atoms with van der Waals surface area (Å²) in [6.07, 6.45) is 1.91. The van der Waals surface area contributed by atoms with E-state index in [1.807, 2.05) is 88.8 Å². The maximum Gasteiger partial charge on any atom is 0.119 e. The van der Waals surface area contributed by atoms with Crippen molar-refractivity contribution >= 4 is 33.9 Å². The van der Waals surface area contributed by atoms with E-state index in [1.165, 1.54) is 0 Å². The first kappa shape index (κ1) is 21.7. The lowest BCUT2D eigenvalue weighted by Crippen LogP contribution is -2.43. The molecule has 1 aromatic heterocycles. The Morgan fingerprint density at radius 2 is 1.74 bits per heavy atom. The fourth-order valence-electron chi connectivity index (χ4n) is 2.19. The molecule has 5 radical (unpaired) electrons. The lowest BCUT2D eigenvalue weighted by atomic mass is 9.61. The van der Waals surface area contributed by atoms with Gasteiger partial charge < -0.3 is 14.2 Å². The van der Waals surface area contributed by atoms with Gasteiger partial charge in [-0.05, 0) is 43.7 Å². The molecular weight excluding hydrogens is 281 g/mol. The van der Waals surface area contributed by atoms with Crippen LogP contribution in [-0.4, -0.2) is 60.2 Å². The molecule has 0 amide bonds. The SMILES string of the molecule is CC.C[B]C.[B]C([B])(CN(C)C)n1ccc2cc(OC)ccc21. The average Bonchev–Trinajstić information content (AvgIpc) is 2.92. The molecule has 0 aliphatic heterocycles. The molecular formula is C17H28B3N2O. The number of hydrogen-bond donors (Lipinski definition) is 0. The molecule has 0 saturated carbocycles. The predicted octanol–water partition coefficient (Wildman–Crippen LogP) is 2.97. The smallest absolute Gasteiger partial charge is 0.119 e. The Morgan fingerprint density at radius 1 is 1.17 bits per heavy atom. The van der Waals surface area contributed by atoms with Crippen molar-refractivity contribution in [3.63, 3.8) is 0 Å². The third-order valence-electron chi connectivity index (χ3n) is 2.92. The van der Waals surface area contributed by atoms with Gasteiger partial charge in [0.15, 0.2) is 0 Å². The lowest BCUT2D eigenvalue weighted by Gasteiger charge is -2.32. The third kappa shape index (κ3) is 6.38. The second-order valence-electron chi connectivity index (χ2n) is 5.42. The van der Waals surface area contributed by atoms with E-state index in [1.54, 1.807) is 7.11 Å². The minimum absolute atomic E-state index is 0.558. The summed E-state index contributed by atoms with van der Waals surface area (Å²) in [6.45, 7) is 8.56. The lowest BCUT2D eigenvalue weighted by molar-refractivity contribution is 0.354. The number of likely N-dealkylation sites (N-methyl/N-ethyl adjacent to an activating group) is 1. The van der Waals surface area contributed by atoms with Crippen LogP contribution < -0.4 is 4.74 Å². The molecule has 0 aliphatic rings. The molecule has 0 spiro atoms. The number of fused-ring (bicyclic) bond motifs is 1. The molecule has 0 bridgehead atoms. The highest BCUT2D eigenvalue weighted by Gasteiger charge is 2.21. The van der Waals surface area contributed by atoms with Crippen molar-refractivity contribution in [2.45, 2.75) is 32.8 Å². The molecule has 0 atom stereocenters. The zero-order chi connectivity index (χ0) is 18.0. The highest BCUT2D eigenvalue weighted by molar-refractivity contribution is 6.38. The molecule has 2 rings (SSSR count). The predicted molar refractivity (Wildman–Crippen MR) is 105 cm³/mol. The zero-order valence-electron chi connectivity index (χ0n) is 15.6. The first-order chi connectivity index (χ1) is 10.9. The van der Waals surface area contributed by atoms with Crippen molar-refractivity contribution < 1.29 is 4.74 Å². The van der Waals surface area contributed by atoms with Gasteiger partial charge in [0, 0.05) is 23.6 Å². The number of benzene rings is 1. The van der Waals surface area contributed by atoms with Crippen LogP contribution in [0.3, 0.4) is 0 Å².